The Morgan fingerprint density at radius 1 is 1.18 bits per heavy atom. The quantitative estimate of drug-likeness (QED) is 0.501. The second-order valence-electron chi connectivity index (χ2n) is 6.43. The van der Waals surface area contributed by atoms with Gasteiger partial charge in [-0.3, -0.25) is 15.2 Å². The number of likely N-dealkylation sites (N-methyl/N-ethyl adjacent to an activating group) is 1. The number of aromatic nitrogens is 1. The van der Waals surface area contributed by atoms with Gasteiger partial charge >= 0.3 is 0 Å². The van der Waals surface area contributed by atoms with Crippen LogP contribution in [0.1, 0.15) is 12.5 Å². The van der Waals surface area contributed by atoms with Gasteiger partial charge in [0, 0.05) is 30.7 Å². The second-order valence-corrected chi connectivity index (χ2v) is 6.87. The second kappa shape index (κ2) is 8.71. The number of amides is 1. The molecule has 2 aromatic carbocycles. The molecule has 1 N–H and O–H groups in total. The predicted octanol–water partition coefficient (Wildman–Crippen LogP) is 4.19. The number of hydrogen-bond donors (Lipinski definition) is 1. The first-order chi connectivity index (χ1) is 13.4. The van der Waals surface area contributed by atoms with Crippen LogP contribution < -0.4 is 10.2 Å². The number of benzene rings is 2. The number of ether oxygens (including phenoxy) is 1. The summed E-state index contributed by atoms with van der Waals surface area (Å²) in [4.78, 5) is 17.4. The lowest BCUT2D eigenvalue weighted by Gasteiger charge is -2.11. The van der Waals surface area contributed by atoms with E-state index in [2.05, 4.69) is 15.5 Å². The number of halogens is 1. The van der Waals surface area contributed by atoms with Gasteiger partial charge in [0.2, 0.25) is 0 Å². The third-order valence-corrected chi connectivity index (χ3v) is 4.42. The van der Waals surface area contributed by atoms with Gasteiger partial charge in [-0.2, -0.15) is 5.10 Å². The first-order valence-electron chi connectivity index (χ1n) is 8.72. The van der Waals surface area contributed by atoms with E-state index in [1.165, 1.54) is 4.90 Å². The maximum atomic E-state index is 11.6. The number of carbonyl (C=O) groups excluding carboxylic acids is 1. The average molecular weight is 397 g/mol. The molecular formula is C21H21ClN4O2. The first kappa shape index (κ1) is 19.6. The molecule has 0 saturated carbocycles. The number of hydrazone groups is 1. The molecule has 3 aromatic rings. The summed E-state index contributed by atoms with van der Waals surface area (Å²) in [6.07, 6.45) is 1.72. The van der Waals surface area contributed by atoms with Crippen LogP contribution in [0.15, 0.2) is 59.8 Å². The summed E-state index contributed by atoms with van der Waals surface area (Å²) >= 11 is 6.03. The minimum Gasteiger partial charge on any atom is -0.484 e. The summed E-state index contributed by atoms with van der Waals surface area (Å²) < 4.78 is 5.49. The number of fused-ring (bicyclic) bond motifs is 1. The minimum atomic E-state index is -0.0862. The normalized spacial score (nSPS) is 11.4. The number of nitrogens with zero attached hydrogens (tertiary/aromatic N) is 3. The predicted molar refractivity (Wildman–Crippen MR) is 113 cm³/mol. The van der Waals surface area contributed by atoms with Crippen molar-refractivity contribution in [2.24, 2.45) is 5.10 Å². The Balaban J connectivity index is 1.69. The van der Waals surface area contributed by atoms with E-state index in [9.17, 15) is 4.79 Å². The third-order valence-electron chi connectivity index (χ3n) is 4.18. The Hall–Kier alpha value is -3.12. The van der Waals surface area contributed by atoms with Gasteiger partial charge in [0.05, 0.1) is 16.9 Å². The fourth-order valence-corrected chi connectivity index (χ4v) is 2.66. The molecule has 7 heteroatoms. The van der Waals surface area contributed by atoms with Crippen molar-refractivity contribution >= 4 is 39.8 Å². The molecule has 0 radical (unpaired) electrons. The van der Waals surface area contributed by atoms with Crippen molar-refractivity contribution in [3.63, 3.8) is 0 Å². The first-order valence-corrected chi connectivity index (χ1v) is 9.10. The standard InChI is InChI=1S/C21H21ClN4O2/c1-14(15-4-7-17(8-5-15)28-13-21(27)26(2)3)24-25-19-10-11-23-20-12-16(22)6-9-18(19)20/h4-12H,13H2,1-3H3,(H,23,25)/b24-14+. The fraction of sp³-hybridized carbons (Fsp3) is 0.190. The topological polar surface area (TPSA) is 66.8 Å². The highest BCUT2D eigenvalue weighted by Gasteiger charge is 2.06. The number of nitrogens with one attached hydrogen (secondary N) is 1. The van der Waals surface area contributed by atoms with E-state index in [0.717, 1.165) is 27.9 Å². The van der Waals surface area contributed by atoms with Gasteiger partial charge < -0.3 is 9.64 Å². The molecule has 0 aliphatic heterocycles. The van der Waals surface area contributed by atoms with Gasteiger partial charge in [0.25, 0.3) is 5.91 Å². The molecule has 3 rings (SSSR count). The van der Waals surface area contributed by atoms with Crippen molar-refractivity contribution in [3.05, 3.63) is 65.3 Å². The molecule has 6 nitrogen and oxygen atoms in total. The number of anilines is 1. The molecular weight excluding hydrogens is 376 g/mol. The zero-order valence-electron chi connectivity index (χ0n) is 15.9. The molecule has 144 valence electrons. The SMILES string of the molecule is C/C(=N\Nc1ccnc2cc(Cl)ccc12)c1ccc(OCC(=O)N(C)C)cc1. The highest BCUT2D eigenvalue weighted by atomic mass is 35.5. The van der Waals surface area contributed by atoms with Crippen molar-refractivity contribution in [1.82, 2.24) is 9.88 Å². The van der Waals surface area contributed by atoms with E-state index in [1.54, 1.807) is 20.3 Å². The summed E-state index contributed by atoms with van der Waals surface area (Å²) in [5.41, 5.74) is 6.51. The van der Waals surface area contributed by atoms with Crippen molar-refractivity contribution < 1.29 is 9.53 Å². The van der Waals surface area contributed by atoms with E-state index >= 15 is 0 Å². The monoisotopic (exact) mass is 396 g/mol. The molecule has 28 heavy (non-hydrogen) atoms. The van der Waals surface area contributed by atoms with Crippen molar-refractivity contribution in [3.8, 4) is 5.75 Å². The zero-order chi connectivity index (χ0) is 20.1. The van der Waals surface area contributed by atoms with Crippen LogP contribution in [0.3, 0.4) is 0 Å². The fourth-order valence-electron chi connectivity index (χ4n) is 2.49. The van der Waals surface area contributed by atoms with Gasteiger partial charge in [-0.15, -0.1) is 0 Å². The summed E-state index contributed by atoms with van der Waals surface area (Å²) in [5.74, 6) is 0.550. The number of pyridine rings is 1. The van der Waals surface area contributed by atoms with Crippen LogP contribution in [0.5, 0.6) is 5.75 Å². The van der Waals surface area contributed by atoms with Crippen LogP contribution in [0, 0.1) is 0 Å². The molecule has 0 atom stereocenters. The van der Waals surface area contributed by atoms with Crippen molar-refractivity contribution in [1.29, 1.82) is 0 Å². The van der Waals surface area contributed by atoms with Crippen LogP contribution in [0.4, 0.5) is 5.69 Å². The van der Waals surface area contributed by atoms with Crippen LogP contribution in [0.2, 0.25) is 5.02 Å². The van der Waals surface area contributed by atoms with Crippen molar-refractivity contribution in [2.45, 2.75) is 6.92 Å². The maximum absolute atomic E-state index is 11.6. The highest BCUT2D eigenvalue weighted by molar-refractivity contribution is 6.31. The number of carbonyl (C=O) groups is 1. The molecule has 0 aliphatic rings. The summed E-state index contributed by atoms with van der Waals surface area (Å²) in [7, 11) is 3.39. The Kier molecular flexibility index (Phi) is 6.11. The van der Waals surface area contributed by atoms with Gasteiger partial charge in [-0.1, -0.05) is 11.6 Å². The lowest BCUT2D eigenvalue weighted by Crippen LogP contribution is -2.27. The Morgan fingerprint density at radius 2 is 1.93 bits per heavy atom. The Labute approximate surface area is 168 Å². The summed E-state index contributed by atoms with van der Waals surface area (Å²) in [6.45, 7) is 1.93. The molecule has 1 aromatic heterocycles. The molecule has 0 aliphatic carbocycles. The molecule has 1 heterocycles. The van der Waals surface area contributed by atoms with Gasteiger partial charge in [0.1, 0.15) is 5.75 Å². The van der Waals surface area contributed by atoms with E-state index in [1.807, 2.05) is 55.5 Å². The van der Waals surface area contributed by atoms with E-state index in [4.69, 9.17) is 16.3 Å². The molecule has 0 bridgehead atoms. The van der Waals surface area contributed by atoms with Crippen LogP contribution in [-0.2, 0) is 4.79 Å². The van der Waals surface area contributed by atoms with E-state index in [0.29, 0.717) is 10.8 Å². The smallest absolute Gasteiger partial charge is 0.259 e. The van der Waals surface area contributed by atoms with Gasteiger partial charge in [-0.25, -0.2) is 0 Å². The molecule has 0 spiro atoms. The van der Waals surface area contributed by atoms with Crippen molar-refractivity contribution in [2.75, 3.05) is 26.1 Å². The Morgan fingerprint density at radius 3 is 2.64 bits per heavy atom. The molecule has 0 saturated heterocycles. The maximum Gasteiger partial charge on any atom is 0.259 e. The number of hydrogen-bond acceptors (Lipinski definition) is 5. The minimum absolute atomic E-state index is 0.0140. The summed E-state index contributed by atoms with van der Waals surface area (Å²) in [5, 5.41) is 6.06. The van der Waals surface area contributed by atoms with Crippen LogP contribution in [-0.4, -0.2) is 42.2 Å². The largest absolute Gasteiger partial charge is 0.484 e. The lowest BCUT2D eigenvalue weighted by molar-refractivity contribution is -0.130. The van der Waals surface area contributed by atoms with Gasteiger partial charge in [-0.05, 0) is 61.0 Å². The number of rotatable bonds is 6. The Bertz CT molecular complexity index is 1020. The highest BCUT2D eigenvalue weighted by Crippen LogP contribution is 2.24. The van der Waals surface area contributed by atoms with Crippen LogP contribution in [0.25, 0.3) is 10.9 Å². The molecule has 0 fully saturated rings. The van der Waals surface area contributed by atoms with E-state index < -0.39 is 0 Å². The van der Waals surface area contributed by atoms with Gasteiger partial charge in [0.15, 0.2) is 6.61 Å². The summed E-state index contributed by atoms with van der Waals surface area (Å²) in [6, 6.07) is 14.9. The molecule has 1 amide bonds. The third kappa shape index (κ3) is 4.78. The van der Waals surface area contributed by atoms with E-state index in [-0.39, 0.29) is 12.5 Å². The lowest BCUT2D eigenvalue weighted by atomic mass is 10.1. The van der Waals surface area contributed by atoms with Crippen LogP contribution >= 0.6 is 11.6 Å². The molecule has 0 unspecified atom stereocenters. The average Bonchev–Trinajstić information content (AvgIpc) is 2.70. The zero-order valence-corrected chi connectivity index (χ0v) is 16.7.